The smallest absolute Gasteiger partial charge is 0.237 e. The van der Waals surface area contributed by atoms with Gasteiger partial charge < -0.3 is 21.3 Å². The number of rotatable bonds is 1. The zero-order valence-corrected chi connectivity index (χ0v) is 5.32. The highest BCUT2D eigenvalue weighted by Crippen LogP contribution is 2.06. The van der Waals surface area contributed by atoms with E-state index in [1.807, 2.05) is 0 Å². The minimum absolute atomic E-state index is 0.217. The molecule has 1 heterocycles. The van der Waals surface area contributed by atoms with Gasteiger partial charge in [0.2, 0.25) is 5.91 Å². The van der Waals surface area contributed by atoms with E-state index in [0.717, 1.165) is 0 Å². The third kappa shape index (κ3) is 1.11. The Morgan fingerprint density at radius 2 is 2.20 bits per heavy atom. The summed E-state index contributed by atoms with van der Waals surface area (Å²) in [5.74, 6) is -0.635. The van der Waals surface area contributed by atoms with Crippen LogP contribution in [0, 0.1) is 0 Å². The second-order valence-electron chi connectivity index (χ2n) is 2.35. The van der Waals surface area contributed by atoms with Crippen LogP contribution in [0.5, 0.6) is 0 Å². The maximum absolute atomic E-state index is 10.4. The maximum atomic E-state index is 10.4. The third-order valence-electron chi connectivity index (χ3n) is 1.59. The number of aliphatic hydroxyl groups excluding tert-OH is 2. The average molecular weight is 146 g/mol. The fourth-order valence-corrected chi connectivity index (χ4v) is 0.980. The number of nitrogens with two attached hydrogens (primary N) is 1. The third-order valence-corrected chi connectivity index (χ3v) is 1.59. The van der Waals surface area contributed by atoms with Gasteiger partial charge in [0.15, 0.2) is 0 Å². The first-order valence-electron chi connectivity index (χ1n) is 3.02. The number of nitrogens with one attached hydrogen (secondary N) is 1. The van der Waals surface area contributed by atoms with E-state index in [-0.39, 0.29) is 6.54 Å². The number of hydrogen-bond acceptors (Lipinski definition) is 4. The van der Waals surface area contributed by atoms with Crippen molar-refractivity contribution in [2.75, 3.05) is 6.54 Å². The van der Waals surface area contributed by atoms with Crippen LogP contribution in [-0.2, 0) is 4.79 Å². The van der Waals surface area contributed by atoms with Crippen molar-refractivity contribution in [2.45, 2.75) is 18.2 Å². The normalized spacial score (nSPS) is 40.0. The van der Waals surface area contributed by atoms with Crippen LogP contribution >= 0.6 is 0 Å². The van der Waals surface area contributed by atoms with Crippen LogP contribution in [0.25, 0.3) is 0 Å². The van der Waals surface area contributed by atoms with Gasteiger partial charge in [0, 0.05) is 6.54 Å². The molecule has 5 N–H and O–H groups in total. The summed E-state index contributed by atoms with van der Waals surface area (Å²) in [6.45, 7) is 0.217. The Bertz CT molecular complexity index is 150. The molecule has 58 valence electrons. The first-order chi connectivity index (χ1) is 4.63. The van der Waals surface area contributed by atoms with Crippen LogP contribution in [-0.4, -0.2) is 40.9 Å². The highest BCUT2D eigenvalue weighted by atomic mass is 16.3. The van der Waals surface area contributed by atoms with Crippen LogP contribution < -0.4 is 11.1 Å². The highest BCUT2D eigenvalue weighted by molar-refractivity contribution is 5.81. The van der Waals surface area contributed by atoms with Gasteiger partial charge in [0.25, 0.3) is 0 Å². The number of primary amides is 1. The molecule has 0 aliphatic carbocycles. The van der Waals surface area contributed by atoms with E-state index in [1.54, 1.807) is 0 Å². The first-order valence-corrected chi connectivity index (χ1v) is 3.02. The van der Waals surface area contributed by atoms with Crippen molar-refractivity contribution in [3.8, 4) is 0 Å². The molecule has 0 aromatic rings. The van der Waals surface area contributed by atoms with Gasteiger partial charge in [-0.05, 0) is 0 Å². The van der Waals surface area contributed by atoms with Gasteiger partial charge in [-0.3, -0.25) is 4.79 Å². The molecule has 0 bridgehead atoms. The van der Waals surface area contributed by atoms with Crippen molar-refractivity contribution >= 4 is 5.91 Å². The lowest BCUT2D eigenvalue weighted by Gasteiger charge is -2.10. The van der Waals surface area contributed by atoms with E-state index < -0.39 is 24.2 Å². The molecule has 1 fully saturated rings. The molecule has 1 saturated heterocycles. The Morgan fingerprint density at radius 3 is 2.40 bits per heavy atom. The van der Waals surface area contributed by atoms with Gasteiger partial charge in [0.05, 0.1) is 6.10 Å². The standard InChI is InChI=1S/C5H10N2O3/c6-5(10)3-4(9)2(8)1-7-3/h2-4,7-9H,1H2,(H2,6,10)/t2-,3+,4-/m1/s1. The Labute approximate surface area is 57.8 Å². The quantitative estimate of drug-likeness (QED) is 0.320. The molecular formula is C5H10N2O3. The summed E-state index contributed by atoms with van der Waals surface area (Å²) in [4.78, 5) is 10.4. The van der Waals surface area contributed by atoms with E-state index in [9.17, 15) is 4.79 Å². The van der Waals surface area contributed by atoms with Crippen LogP contribution in [0.3, 0.4) is 0 Å². The number of amides is 1. The largest absolute Gasteiger partial charge is 0.389 e. The summed E-state index contributed by atoms with van der Waals surface area (Å²) in [7, 11) is 0. The summed E-state index contributed by atoms with van der Waals surface area (Å²) < 4.78 is 0. The lowest BCUT2D eigenvalue weighted by Crippen LogP contribution is -2.44. The van der Waals surface area contributed by atoms with Gasteiger partial charge in [-0.2, -0.15) is 0 Å². The lowest BCUT2D eigenvalue weighted by molar-refractivity contribution is -0.122. The predicted molar refractivity (Wildman–Crippen MR) is 33.0 cm³/mol. The number of hydrogen-bond donors (Lipinski definition) is 4. The summed E-state index contributed by atoms with van der Waals surface area (Å²) in [6.07, 6.45) is -1.94. The molecule has 0 radical (unpaired) electrons. The number of β-amino-alcohol motifs (C(OH)–C–C–N with tert-alkyl or cyclic N) is 1. The van der Waals surface area contributed by atoms with E-state index in [2.05, 4.69) is 5.32 Å². The minimum atomic E-state index is -1.06. The molecule has 1 aliphatic heterocycles. The molecule has 0 saturated carbocycles. The molecule has 0 unspecified atom stereocenters. The zero-order valence-electron chi connectivity index (χ0n) is 5.32. The highest BCUT2D eigenvalue weighted by Gasteiger charge is 2.36. The van der Waals surface area contributed by atoms with E-state index in [1.165, 1.54) is 0 Å². The fraction of sp³-hybridized carbons (Fsp3) is 0.800. The Kier molecular flexibility index (Phi) is 1.89. The van der Waals surface area contributed by atoms with Gasteiger partial charge in [0.1, 0.15) is 12.1 Å². The maximum Gasteiger partial charge on any atom is 0.237 e. The Balaban J connectivity index is 2.57. The van der Waals surface area contributed by atoms with Crippen molar-refractivity contribution < 1.29 is 15.0 Å². The summed E-state index contributed by atoms with van der Waals surface area (Å²) in [5.41, 5.74) is 4.88. The Morgan fingerprint density at radius 1 is 1.60 bits per heavy atom. The van der Waals surface area contributed by atoms with Crippen molar-refractivity contribution in [2.24, 2.45) is 5.73 Å². The SMILES string of the molecule is NC(=O)[C@H]1NC[C@@H](O)[C@H]1O. The van der Waals surface area contributed by atoms with Crippen LogP contribution in [0.2, 0.25) is 0 Å². The van der Waals surface area contributed by atoms with Crippen molar-refractivity contribution in [1.29, 1.82) is 0 Å². The molecule has 1 rings (SSSR count). The van der Waals surface area contributed by atoms with E-state index in [4.69, 9.17) is 15.9 Å². The second kappa shape index (κ2) is 2.53. The van der Waals surface area contributed by atoms with Gasteiger partial charge in [-0.25, -0.2) is 0 Å². The van der Waals surface area contributed by atoms with E-state index >= 15 is 0 Å². The van der Waals surface area contributed by atoms with Crippen LogP contribution in [0.4, 0.5) is 0 Å². The van der Waals surface area contributed by atoms with Crippen molar-refractivity contribution in [1.82, 2.24) is 5.32 Å². The second-order valence-corrected chi connectivity index (χ2v) is 2.35. The molecule has 5 nitrogen and oxygen atoms in total. The Hall–Kier alpha value is -0.650. The van der Waals surface area contributed by atoms with E-state index in [0.29, 0.717) is 0 Å². The zero-order chi connectivity index (χ0) is 7.72. The topological polar surface area (TPSA) is 95.6 Å². The van der Waals surface area contributed by atoms with Crippen LogP contribution in [0.1, 0.15) is 0 Å². The van der Waals surface area contributed by atoms with Gasteiger partial charge in [-0.1, -0.05) is 0 Å². The molecule has 5 heteroatoms. The lowest BCUT2D eigenvalue weighted by atomic mass is 10.1. The van der Waals surface area contributed by atoms with Crippen molar-refractivity contribution in [3.05, 3.63) is 0 Å². The molecule has 0 spiro atoms. The number of aliphatic hydroxyl groups is 2. The predicted octanol–water partition coefficient (Wildman–Crippen LogP) is -2.83. The summed E-state index contributed by atoms with van der Waals surface area (Å²) in [6, 6.07) is -0.796. The summed E-state index contributed by atoms with van der Waals surface area (Å²) >= 11 is 0. The molecule has 10 heavy (non-hydrogen) atoms. The first kappa shape index (κ1) is 7.46. The summed E-state index contributed by atoms with van der Waals surface area (Å²) in [5, 5.41) is 20.5. The van der Waals surface area contributed by atoms with Gasteiger partial charge in [-0.15, -0.1) is 0 Å². The average Bonchev–Trinajstić information content (AvgIpc) is 2.14. The van der Waals surface area contributed by atoms with Crippen molar-refractivity contribution in [3.63, 3.8) is 0 Å². The molecule has 1 amide bonds. The molecular weight excluding hydrogens is 136 g/mol. The molecule has 1 aliphatic rings. The molecule has 0 aromatic carbocycles. The number of carbonyl (C=O) groups is 1. The monoisotopic (exact) mass is 146 g/mol. The minimum Gasteiger partial charge on any atom is -0.389 e. The molecule has 0 aromatic heterocycles. The number of carbonyl (C=O) groups excluding carboxylic acids is 1. The fourth-order valence-electron chi connectivity index (χ4n) is 0.980. The molecule has 3 atom stereocenters. The van der Waals surface area contributed by atoms with Crippen LogP contribution in [0.15, 0.2) is 0 Å². The van der Waals surface area contributed by atoms with Gasteiger partial charge >= 0.3 is 0 Å².